The number of ether oxygens (including phenoxy) is 1. The molecule has 0 aliphatic heterocycles. The zero-order valence-electron chi connectivity index (χ0n) is 9.51. The van der Waals surface area contributed by atoms with E-state index in [2.05, 4.69) is 14.8 Å². The zero-order valence-corrected chi connectivity index (χ0v) is 9.51. The van der Waals surface area contributed by atoms with Gasteiger partial charge in [-0.2, -0.15) is 5.10 Å². The van der Waals surface area contributed by atoms with Crippen molar-refractivity contribution < 1.29 is 9.53 Å². The number of aromatic nitrogens is 3. The average Bonchev–Trinajstić information content (AvgIpc) is 2.38. The van der Waals surface area contributed by atoms with E-state index >= 15 is 0 Å². The second-order valence-corrected chi connectivity index (χ2v) is 3.38. The molecule has 0 saturated heterocycles. The van der Waals surface area contributed by atoms with Gasteiger partial charge in [-0.05, 0) is 13.0 Å². The second-order valence-electron chi connectivity index (χ2n) is 3.38. The topological polar surface area (TPSA) is 74.1 Å². The summed E-state index contributed by atoms with van der Waals surface area (Å²) >= 11 is 0. The minimum atomic E-state index is -0.579. The van der Waals surface area contributed by atoms with Crippen LogP contribution in [0.1, 0.15) is 17.4 Å². The summed E-state index contributed by atoms with van der Waals surface area (Å²) in [5, 5.41) is 4.80. The minimum Gasteiger partial charge on any atom is -0.464 e. The molecule has 0 bridgehead atoms. The molecule has 0 aromatic carbocycles. The molecule has 0 aliphatic carbocycles. The summed E-state index contributed by atoms with van der Waals surface area (Å²) in [6.07, 6.45) is 2.95. The Hall–Kier alpha value is -2.24. The van der Waals surface area contributed by atoms with Gasteiger partial charge in [-0.15, -0.1) is 0 Å². The Kier molecular flexibility index (Phi) is 2.86. The van der Waals surface area contributed by atoms with Crippen LogP contribution in [0.5, 0.6) is 0 Å². The van der Waals surface area contributed by atoms with Gasteiger partial charge in [0.25, 0.3) is 5.56 Å². The van der Waals surface area contributed by atoms with Crippen LogP contribution in [0.25, 0.3) is 10.8 Å². The highest BCUT2D eigenvalue weighted by Crippen LogP contribution is 2.12. The van der Waals surface area contributed by atoms with Crippen molar-refractivity contribution >= 4 is 16.7 Å². The molecule has 17 heavy (non-hydrogen) atoms. The molecule has 88 valence electrons. The molecule has 0 unspecified atom stereocenters. The van der Waals surface area contributed by atoms with Gasteiger partial charge < -0.3 is 4.74 Å². The summed E-state index contributed by atoms with van der Waals surface area (Å²) in [7, 11) is 1.27. The average molecular weight is 233 g/mol. The highest BCUT2D eigenvalue weighted by Gasteiger charge is 2.16. The normalized spacial score (nSPS) is 10.5. The van der Waals surface area contributed by atoms with E-state index in [0.29, 0.717) is 17.3 Å². The lowest BCUT2D eigenvalue weighted by Gasteiger charge is -2.07. The van der Waals surface area contributed by atoms with Crippen molar-refractivity contribution in [3.8, 4) is 0 Å². The van der Waals surface area contributed by atoms with Gasteiger partial charge >= 0.3 is 5.97 Å². The molecule has 0 fully saturated rings. The van der Waals surface area contributed by atoms with E-state index < -0.39 is 5.97 Å². The summed E-state index contributed by atoms with van der Waals surface area (Å²) < 4.78 is 5.87. The van der Waals surface area contributed by atoms with Crippen molar-refractivity contribution in [3.63, 3.8) is 0 Å². The van der Waals surface area contributed by atoms with Crippen LogP contribution in [0, 0.1) is 0 Å². The Morgan fingerprint density at radius 2 is 2.24 bits per heavy atom. The van der Waals surface area contributed by atoms with Gasteiger partial charge in [0.1, 0.15) is 0 Å². The van der Waals surface area contributed by atoms with Crippen molar-refractivity contribution in [1.82, 2.24) is 14.8 Å². The molecule has 0 radical (unpaired) electrons. The van der Waals surface area contributed by atoms with E-state index in [4.69, 9.17) is 0 Å². The van der Waals surface area contributed by atoms with Crippen molar-refractivity contribution in [2.45, 2.75) is 13.5 Å². The third-order valence-electron chi connectivity index (χ3n) is 2.44. The first-order valence-electron chi connectivity index (χ1n) is 5.12. The molecule has 0 atom stereocenters. The smallest absolute Gasteiger partial charge is 0.359 e. The van der Waals surface area contributed by atoms with Gasteiger partial charge in [0.05, 0.1) is 12.5 Å². The third-order valence-corrected chi connectivity index (χ3v) is 2.44. The van der Waals surface area contributed by atoms with Crippen LogP contribution in [0.2, 0.25) is 0 Å². The molecular weight excluding hydrogens is 222 g/mol. The quantitative estimate of drug-likeness (QED) is 0.710. The molecule has 0 saturated carbocycles. The molecule has 0 amide bonds. The van der Waals surface area contributed by atoms with Crippen LogP contribution in [-0.2, 0) is 11.3 Å². The Morgan fingerprint density at radius 1 is 1.47 bits per heavy atom. The number of hydrogen-bond acceptors (Lipinski definition) is 5. The van der Waals surface area contributed by atoms with Gasteiger partial charge in [-0.1, -0.05) is 0 Å². The van der Waals surface area contributed by atoms with Crippen LogP contribution in [0.4, 0.5) is 0 Å². The summed E-state index contributed by atoms with van der Waals surface area (Å²) in [5.74, 6) is -0.579. The third kappa shape index (κ3) is 1.77. The largest absolute Gasteiger partial charge is 0.464 e. The fourth-order valence-electron chi connectivity index (χ4n) is 1.59. The maximum absolute atomic E-state index is 11.9. The maximum atomic E-state index is 11.9. The highest BCUT2D eigenvalue weighted by atomic mass is 16.5. The number of aryl methyl sites for hydroxylation is 1. The fourth-order valence-corrected chi connectivity index (χ4v) is 1.59. The van der Waals surface area contributed by atoms with E-state index in [9.17, 15) is 9.59 Å². The number of nitrogens with zero attached hydrogens (tertiary/aromatic N) is 3. The van der Waals surface area contributed by atoms with Crippen LogP contribution in [0.3, 0.4) is 0 Å². The van der Waals surface area contributed by atoms with E-state index in [1.165, 1.54) is 24.2 Å². The van der Waals surface area contributed by atoms with Gasteiger partial charge in [0.2, 0.25) is 0 Å². The molecule has 6 nitrogen and oxygen atoms in total. The van der Waals surface area contributed by atoms with Gasteiger partial charge in [0, 0.05) is 24.3 Å². The molecule has 0 spiro atoms. The number of methoxy groups -OCH3 is 1. The maximum Gasteiger partial charge on any atom is 0.359 e. The molecular formula is C11H11N3O3. The molecule has 2 aromatic heterocycles. The van der Waals surface area contributed by atoms with Crippen LogP contribution < -0.4 is 5.56 Å². The Morgan fingerprint density at radius 3 is 2.88 bits per heavy atom. The molecule has 6 heteroatoms. The van der Waals surface area contributed by atoms with Crippen LogP contribution in [-0.4, -0.2) is 27.8 Å². The second kappa shape index (κ2) is 4.32. The van der Waals surface area contributed by atoms with E-state index in [0.717, 1.165) is 0 Å². The first kappa shape index (κ1) is 11.3. The predicted molar refractivity (Wildman–Crippen MR) is 60.8 cm³/mol. The summed E-state index contributed by atoms with van der Waals surface area (Å²) in [4.78, 5) is 27.4. The Bertz CT molecular complexity index is 633. The molecule has 0 N–H and O–H groups in total. The fraction of sp³-hybridized carbons (Fsp3) is 0.273. The number of fused-ring (bicyclic) bond motifs is 1. The monoisotopic (exact) mass is 233 g/mol. The zero-order chi connectivity index (χ0) is 12.4. The first-order chi connectivity index (χ1) is 8.19. The van der Waals surface area contributed by atoms with Crippen molar-refractivity contribution in [2.75, 3.05) is 7.11 Å². The number of hydrogen-bond donors (Lipinski definition) is 0. The number of pyridine rings is 1. The summed E-state index contributed by atoms with van der Waals surface area (Å²) in [6.45, 7) is 2.17. The lowest BCUT2D eigenvalue weighted by atomic mass is 10.2. The van der Waals surface area contributed by atoms with E-state index in [1.54, 1.807) is 13.0 Å². The number of carbonyl (C=O) groups is 1. The van der Waals surface area contributed by atoms with Gasteiger partial charge in [-0.3, -0.25) is 9.78 Å². The van der Waals surface area contributed by atoms with Gasteiger partial charge in [-0.25, -0.2) is 9.48 Å². The van der Waals surface area contributed by atoms with Crippen LogP contribution >= 0.6 is 0 Å². The molecule has 2 aromatic rings. The molecule has 0 aliphatic rings. The predicted octanol–water partition coefficient (Wildman–Crippen LogP) is 0.598. The van der Waals surface area contributed by atoms with Crippen molar-refractivity contribution in [3.05, 3.63) is 34.5 Å². The van der Waals surface area contributed by atoms with E-state index in [-0.39, 0.29) is 11.3 Å². The van der Waals surface area contributed by atoms with Crippen LogP contribution in [0.15, 0.2) is 23.3 Å². The Labute approximate surface area is 96.8 Å². The van der Waals surface area contributed by atoms with Crippen molar-refractivity contribution in [1.29, 1.82) is 0 Å². The summed E-state index contributed by atoms with van der Waals surface area (Å²) in [6, 6.07) is 1.57. The minimum absolute atomic E-state index is 0.108. The SMILES string of the molecule is CCn1nc(C(=O)OC)c2cnccc2c1=O. The number of carbonyl (C=O) groups excluding carboxylic acids is 1. The van der Waals surface area contributed by atoms with Gasteiger partial charge in [0.15, 0.2) is 5.69 Å². The highest BCUT2D eigenvalue weighted by molar-refractivity contribution is 6.01. The Balaban J connectivity index is 2.88. The molecule has 2 heterocycles. The number of rotatable bonds is 2. The van der Waals surface area contributed by atoms with E-state index in [1.807, 2.05) is 0 Å². The first-order valence-corrected chi connectivity index (χ1v) is 5.12. The lowest BCUT2D eigenvalue weighted by molar-refractivity contribution is 0.0593. The standard InChI is InChI=1S/C11H11N3O3/c1-3-14-10(15)7-4-5-12-6-8(7)9(13-14)11(16)17-2/h4-6H,3H2,1-2H3. The number of esters is 1. The summed E-state index contributed by atoms with van der Waals surface area (Å²) in [5.41, 5.74) is -0.130. The van der Waals surface area contributed by atoms with Crippen molar-refractivity contribution in [2.24, 2.45) is 0 Å². The molecule has 2 rings (SSSR count). The lowest BCUT2D eigenvalue weighted by Crippen LogP contribution is -2.25.